The largest absolute Gasteiger partial charge is 0.445 e. The van der Waals surface area contributed by atoms with Gasteiger partial charge in [0.05, 0.1) is 6.10 Å². The Labute approximate surface area is 169 Å². The Hall–Kier alpha value is -2.33. The topological polar surface area (TPSA) is 49.8 Å². The van der Waals surface area contributed by atoms with Gasteiger partial charge in [-0.1, -0.05) is 68.4 Å². The minimum Gasteiger partial charge on any atom is -0.445 e. The van der Waals surface area contributed by atoms with Crippen LogP contribution in [0.25, 0.3) is 0 Å². The van der Waals surface area contributed by atoms with Crippen molar-refractivity contribution < 1.29 is 14.6 Å². The Kier molecular flexibility index (Phi) is 9.02. The number of amides is 1. The van der Waals surface area contributed by atoms with Crippen LogP contribution in [0.1, 0.15) is 43.4 Å². The van der Waals surface area contributed by atoms with Gasteiger partial charge in [-0.05, 0) is 48.8 Å². The molecule has 2 aromatic rings. The van der Waals surface area contributed by atoms with Gasteiger partial charge in [0.2, 0.25) is 0 Å². The van der Waals surface area contributed by atoms with Crippen LogP contribution in [-0.4, -0.2) is 35.3 Å². The standard InChI is InChI=1S/C22H27NO3.C2H6/c1-17-7-5-6-10-20(17)15-21(24)19-11-13-23(14-12-19)22(25)26-16-18-8-3-2-4-9-18;1-2/h2-10,19,21,24H,11-16H2,1H3;1-2H3/t21-;/m0./s1. The van der Waals surface area contributed by atoms with Gasteiger partial charge < -0.3 is 14.7 Å². The van der Waals surface area contributed by atoms with Crippen molar-refractivity contribution in [3.05, 3.63) is 71.3 Å². The number of aryl methyl sites for hydroxylation is 1. The van der Waals surface area contributed by atoms with Crippen LogP contribution in [0.3, 0.4) is 0 Å². The molecule has 152 valence electrons. The van der Waals surface area contributed by atoms with Gasteiger partial charge >= 0.3 is 6.09 Å². The lowest BCUT2D eigenvalue weighted by Gasteiger charge is -2.33. The van der Waals surface area contributed by atoms with Crippen molar-refractivity contribution in [1.29, 1.82) is 0 Å². The fraction of sp³-hybridized carbons (Fsp3) is 0.458. The molecule has 0 unspecified atom stereocenters. The van der Waals surface area contributed by atoms with E-state index in [9.17, 15) is 9.90 Å². The number of aliphatic hydroxyl groups excluding tert-OH is 1. The maximum absolute atomic E-state index is 12.2. The molecule has 1 atom stereocenters. The third-order valence-corrected chi connectivity index (χ3v) is 5.24. The van der Waals surface area contributed by atoms with Crippen molar-refractivity contribution in [1.82, 2.24) is 4.90 Å². The number of hydrogen-bond donors (Lipinski definition) is 1. The summed E-state index contributed by atoms with van der Waals surface area (Å²) in [7, 11) is 0. The average molecular weight is 384 g/mol. The Morgan fingerprint density at radius 3 is 2.32 bits per heavy atom. The van der Waals surface area contributed by atoms with Gasteiger partial charge in [0, 0.05) is 13.1 Å². The molecule has 0 aromatic heterocycles. The van der Waals surface area contributed by atoms with Crippen molar-refractivity contribution in [2.45, 2.75) is 52.7 Å². The summed E-state index contributed by atoms with van der Waals surface area (Å²) in [6, 6.07) is 17.9. The zero-order valence-electron chi connectivity index (χ0n) is 17.3. The number of hydrogen-bond acceptors (Lipinski definition) is 3. The van der Waals surface area contributed by atoms with Gasteiger partial charge in [0.25, 0.3) is 0 Å². The van der Waals surface area contributed by atoms with Gasteiger partial charge in [0.1, 0.15) is 6.61 Å². The molecule has 0 radical (unpaired) electrons. The minimum absolute atomic E-state index is 0.229. The lowest BCUT2D eigenvalue weighted by molar-refractivity contribution is 0.0456. The molecule has 1 fully saturated rings. The number of rotatable bonds is 5. The fourth-order valence-electron chi connectivity index (χ4n) is 3.51. The van der Waals surface area contributed by atoms with E-state index < -0.39 is 0 Å². The highest BCUT2D eigenvalue weighted by Crippen LogP contribution is 2.24. The highest BCUT2D eigenvalue weighted by atomic mass is 16.6. The molecule has 1 aliphatic rings. The number of ether oxygens (including phenoxy) is 1. The molecule has 0 bridgehead atoms. The molecular formula is C24H33NO3. The van der Waals surface area contributed by atoms with Crippen molar-refractivity contribution >= 4 is 6.09 Å². The summed E-state index contributed by atoms with van der Waals surface area (Å²) in [6.07, 6.45) is 1.68. The predicted molar refractivity (Wildman–Crippen MR) is 113 cm³/mol. The molecule has 1 aliphatic heterocycles. The van der Waals surface area contributed by atoms with Crippen molar-refractivity contribution in [3.8, 4) is 0 Å². The summed E-state index contributed by atoms with van der Waals surface area (Å²) >= 11 is 0. The van der Waals surface area contributed by atoms with E-state index in [0.717, 1.165) is 18.4 Å². The van der Waals surface area contributed by atoms with Gasteiger partial charge in [-0.3, -0.25) is 0 Å². The number of carbonyl (C=O) groups is 1. The van der Waals surface area contributed by atoms with E-state index in [2.05, 4.69) is 19.1 Å². The summed E-state index contributed by atoms with van der Waals surface area (Å²) < 4.78 is 5.40. The van der Waals surface area contributed by atoms with E-state index in [4.69, 9.17) is 4.74 Å². The Morgan fingerprint density at radius 2 is 1.68 bits per heavy atom. The number of aliphatic hydroxyl groups is 1. The van der Waals surface area contributed by atoms with Gasteiger partial charge in [-0.25, -0.2) is 4.79 Å². The maximum Gasteiger partial charge on any atom is 0.410 e. The first-order chi connectivity index (χ1) is 13.6. The Morgan fingerprint density at radius 1 is 1.07 bits per heavy atom. The molecule has 2 aromatic carbocycles. The second kappa shape index (κ2) is 11.5. The number of carbonyl (C=O) groups excluding carboxylic acids is 1. The van der Waals surface area contributed by atoms with E-state index in [1.54, 1.807) is 4.90 Å². The monoisotopic (exact) mass is 383 g/mol. The number of benzene rings is 2. The van der Waals surface area contributed by atoms with E-state index in [-0.39, 0.29) is 18.1 Å². The molecule has 0 saturated carbocycles. The van der Waals surface area contributed by atoms with Crippen LogP contribution in [0.2, 0.25) is 0 Å². The molecule has 1 saturated heterocycles. The minimum atomic E-state index is -0.362. The second-order valence-electron chi connectivity index (χ2n) is 7.06. The maximum atomic E-state index is 12.2. The second-order valence-corrected chi connectivity index (χ2v) is 7.06. The van der Waals surface area contributed by atoms with Crippen LogP contribution in [0, 0.1) is 12.8 Å². The lowest BCUT2D eigenvalue weighted by atomic mass is 9.87. The third kappa shape index (κ3) is 6.38. The van der Waals surface area contributed by atoms with Crippen LogP contribution < -0.4 is 0 Å². The summed E-state index contributed by atoms with van der Waals surface area (Å²) in [4.78, 5) is 14.0. The molecule has 0 aliphatic carbocycles. The van der Waals surface area contributed by atoms with Gasteiger partial charge in [-0.15, -0.1) is 0 Å². The average Bonchev–Trinajstić information content (AvgIpc) is 2.76. The zero-order chi connectivity index (χ0) is 20.4. The Bertz CT molecular complexity index is 709. The normalized spacial score (nSPS) is 15.4. The molecule has 4 nitrogen and oxygen atoms in total. The fourth-order valence-corrected chi connectivity index (χ4v) is 3.51. The number of nitrogens with zero attached hydrogens (tertiary/aromatic N) is 1. The lowest BCUT2D eigenvalue weighted by Crippen LogP contribution is -2.41. The van der Waals surface area contributed by atoms with Crippen LogP contribution in [0.4, 0.5) is 4.79 Å². The van der Waals surface area contributed by atoms with Crippen LogP contribution in [0.5, 0.6) is 0 Å². The summed E-state index contributed by atoms with van der Waals surface area (Å²) in [5, 5.41) is 10.6. The third-order valence-electron chi connectivity index (χ3n) is 5.24. The van der Waals surface area contributed by atoms with Crippen LogP contribution >= 0.6 is 0 Å². The molecule has 0 spiro atoms. The van der Waals surface area contributed by atoms with Crippen molar-refractivity contribution in [2.75, 3.05) is 13.1 Å². The molecule has 1 heterocycles. The number of likely N-dealkylation sites (tertiary alicyclic amines) is 1. The quantitative estimate of drug-likeness (QED) is 0.793. The van der Waals surface area contributed by atoms with Crippen LogP contribution in [0.15, 0.2) is 54.6 Å². The smallest absolute Gasteiger partial charge is 0.410 e. The molecule has 4 heteroatoms. The first-order valence-corrected chi connectivity index (χ1v) is 10.3. The van der Waals surface area contributed by atoms with Crippen molar-refractivity contribution in [2.24, 2.45) is 5.92 Å². The molecule has 28 heavy (non-hydrogen) atoms. The SMILES string of the molecule is CC.Cc1ccccc1C[C@H](O)C1CCN(C(=O)OCc2ccccc2)CC1. The zero-order valence-corrected chi connectivity index (χ0v) is 17.3. The molecular weight excluding hydrogens is 350 g/mol. The molecule has 3 rings (SSSR count). The summed E-state index contributed by atoms with van der Waals surface area (Å²) in [5.41, 5.74) is 3.41. The summed E-state index contributed by atoms with van der Waals surface area (Å²) in [5.74, 6) is 0.229. The van der Waals surface area contributed by atoms with E-state index in [1.165, 1.54) is 11.1 Å². The van der Waals surface area contributed by atoms with E-state index in [0.29, 0.717) is 26.1 Å². The van der Waals surface area contributed by atoms with Crippen molar-refractivity contribution in [3.63, 3.8) is 0 Å². The molecule has 1 N–H and O–H groups in total. The van der Waals surface area contributed by atoms with Gasteiger partial charge in [-0.2, -0.15) is 0 Å². The molecule has 1 amide bonds. The number of piperidine rings is 1. The highest BCUT2D eigenvalue weighted by molar-refractivity contribution is 5.67. The summed E-state index contributed by atoms with van der Waals surface area (Å²) in [6.45, 7) is 7.66. The van der Waals surface area contributed by atoms with Crippen LogP contribution in [-0.2, 0) is 17.8 Å². The van der Waals surface area contributed by atoms with E-state index >= 15 is 0 Å². The first-order valence-electron chi connectivity index (χ1n) is 10.3. The first kappa shape index (κ1) is 22.0. The predicted octanol–water partition coefficient (Wildman–Crippen LogP) is 4.97. The van der Waals surface area contributed by atoms with E-state index in [1.807, 2.05) is 56.3 Å². The highest BCUT2D eigenvalue weighted by Gasteiger charge is 2.28. The Balaban J connectivity index is 0.00000136. The van der Waals surface area contributed by atoms with Gasteiger partial charge in [0.15, 0.2) is 0 Å².